The van der Waals surface area contributed by atoms with E-state index >= 15 is 0 Å². The van der Waals surface area contributed by atoms with Gasteiger partial charge in [0.25, 0.3) is 0 Å². The second kappa shape index (κ2) is 3.21. The molecule has 2 aliphatic heterocycles. The van der Waals surface area contributed by atoms with Crippen LogP contribution in [0.25, 0.3) is 0 Å². The summed E-state index contributed by atoms with van der Waals surface area (Å²) in [4.78, 5) is 0. The Morgan fingerprint density at radius 3 is 2.57 bits per heavy atom. The third kappa shape index (κ3) is 1.43. The van der Waals surface area contributed by atoms with Gasteiger partial charge in [0.2, 0.25) is 0 Å². The van der Waals surface area contributed by atoms with Crippen molar-refractivity contribution in [3.05, 3.63) is 0 Å². The van der Waals surface area contributed by atoms with Crippen molar-refractivity contribution >= 4 is 0 Å². The Balaban J connectivity index is 2.17. The van der Waals surface area contributed by atoms with Crippen molar-refractivity contribution in [2.24, 2.45) is 0 Å². The molecule has 2 rings (SSSR count). The number of hydrogen-bond acceptors (Lipinski definition) is 4. The van der Waals surface area contributed by atoms with E-state index in [2.05, 4.69) is 5.92 Å². The van der Waals surface area contributed by atoms with Gasteiger partial charge in [-0.15, -0.1) is 6.42 Å². The highest BCUT2D eigenvalue weighted by Gasteiger charge is 2.54. The number of ether oxygens (including phenoxy) is 3. The summed E-state index contributed by atoms with van der Waals surface area (Å²) >= 11 is 0. The lowest BCUT2D eigenvalue weighted by atomic mass is 10.1. The molecule has 0 aliphatic carbocycles. The summed E-state index contributed by atoms with van der Waals surface area (Å²) in [5, 5.41) is 9.07. The summed E-state index contributed by atoms with van der Waals surface area (Å²) in [6.45, 7) is 3.56. The first-order valence-electron chi connectivity index (χ1n) is 4.65. The monoisotopic (exact) mass is 198 g/mol. The van der Waals surface area contributed by atoms with E-state index in [0.29, 0.717) is 0 Å². The molecule has 0 bridgehead atoms. The van der Waals surface area contributed by atoms with E-state index in [4.69, 9.17) is 25.7 Å². The van der Waals surface area contributed by atoms with Crippen LogP contribution < -0.4 is 0 Å². The summed E-state index contributed by atoms with van der Waals surface area (Å²) in [6, 6.07) is 0. The van der Waals surface area contributed by atoms with Crippen LogP contribution >= 0.6 is 0 Å². The predicted octanol–water partition coefficient (Wildman–Crippen LogP) is -0.101. The summed E-state index contributed by atoms with van der Waals surface area (Å²) in [7, 11) is 0. The standard InChI is InChI=1S/C10H14O4/c1-4-6-8-9(7(5-11)12-6)14-10(2,3)13-8/h1,6-9,11H,5H2,2-3H3/t6-,7+,8?,9?/m0/s1. The lowest BCUT2D eigenvalue weighted by Gasteiger charge is -2.21. The van der Waals surface area contributed by atoms with Crippen molar-refractivity contribution in [3.63, 3.8) is 0 Å². The molecule has 0 amide bonds. The summed E-state index contributed by atoms with van der Waals surface area (Å²) < 4.78 is 16.6. The third-order valence-corrected chi connectivity index (χ3v) is 2.49. The lowest BCUT2D eigenvalue weighted by molar-refractivity contribution is -0.184. The van der Waals surface area contributed by atoms with Gasteiger partial charge in [0.15, 0.2) is 5.79 Å². The first kappa shape index (κ1) is 9.94. The molecule has 0 aromatic heterocycles. The van der Waals surface area contributed by atoms with Crippen LogP contribution in [0.5, 0.6) is 0 Å². The summed E-state index contributed by atoms with van der Waals surface area (Å²) in [5.41, 5.74) is 0. The van der Waals surface area contributed by atoms with E-state index in [9.17, 15) is 0 Å². The van der Waals surface area contributed by atoms with Gasteiger partial charge in [0.05, 0.1) is 6.61 Å². The molecule has 0 radical (unpaired) electrons. The van der Waals surface area contributed by atoms with E-state index in [1.807, 2.05) is 13.8 Å². The van der Waals surface area contributed by atoms with Gasteiger partial charge in [-0.3, -0.25) is 0 Å². The molecule has 2 saturated heterocycles. The van der Waals surface area contributed by atoms with Crippen molar-refractivity contribution in [1.29, 1.82) is 0 Å². The Hall–Kier alpha value is -0.600. The molecule has 4 heteroatoms. The van der Waals surface area contributed by atoms with Gasteiger partial charge in [0.1, 0.15) is 24.4 Å². The van der Waals surface area contributed by atoms with Gasteiger partial charge in [-0.2, -0.15) is 0 Å². The van der Waals surface area contributed by atoms with E-state index < -0.39 is 11.9 Å². The van der Waals surface area contributed by atoms with Crippen LogP contribution in [0, 0.1) is 12.3 Å². The molecule has 0 saturated carbocycles. The Kier molecular flexibility index (Phi) is 2.28. The minimum absolute atomic E-state index is 0.0984. The van der Waals surface area contributed by atoms with E-state index in [1.165, 1.54) is 0 Å². The maximum Gasteiger partial charge on any atom is 0.164 e. The van der Waals surface area contributed by atoms with Crippen LogP contribution in [0.2, 0.25) is 0 Å². The Morgan fingerprint density at radius 1 is 1.36 bits per heavy atom. The average Bonchev–Trinajstić information content (AvgIpc) is 2.57. The normalized spacial score (nSPS) is 44.7. The molecule has 0 aromatic rings. The number of aliphatic hydroxyl groups is 1. The van der Waals surface area contributed by atoms with Crippen molar-refractivity contribution in [1.82, 2.24) is 0 Å². The van der Waals surface area contributed by atoms with Gasteiger partial charge in [0, 0.05) is 0 Å². The van der Waals surface area contributed by atoms with Gasteiger partial charge < -0.3 is 19.3 Å². The number of rotatable bonds is 1. The minimum Gasteiger partial charge on any atom is -0.394 e. The fraction of sp³-hybridized carbons (Fsp3) is 0.800. The zero-order chi connectivity index (χ0) is 10.3. The van der Waals surface area contributed by atoms with Crippen LogP contribution in [0.1, 0.15) is 13.8 Å². The molecule has 2 aliphatic rings. The SMILES string of the molecule is C#C[C@@H]1O[C@H](CO)C2OC(C)(C)OC21. The van der Waals surface area contributed by atoms with E-state index in [-0.39, 0.29) is 24.9 Å². The molecule has 4 nitrogen and oxygen atoms in total. The van der Waals surface area contributed by atoms with Gasteiger partial charge in [-0.1, -0.05) is 5.92 Å². The maximum atomic E-state index is 9.07. The van der Waals surface area contributed by atoms with Crippen LogP contribution in [-0.4, -0.2) is 41.9 Å². The first-order chi connectivity index (χ1) is 6.57. The topological polar surface area (TPSA) is 47.9 Å². The summed E-state index contributed by atoms with van der Waals surface area (Å²) in [6.07, 6.45) is 4.00. The number of aliphatic hydroxyl groups excluding tert-OH is 1. The van der Waals surface area contributed by atoms with Crippen molar-refractivity contribution < 1.29 is 19.3 Å². The molecule has 0 spiro atoms. The van der Waals surface area contributed by atoms with E-state index in [0.717, 1.165) is 0 Å². The molecule has 0 aromatic carbocycles. The van der Waals surface area contributed by atoms with Crippen LogP contribution in [-0.2, 0) is 14.2 Å². The van der Waals surface area contributed by atoms with Gasteiger partial charge >= 0.3 is 0 Å². The molecule has 4 atom stereocenters. The highest BCUT2D eigenvalue weighted by Crippen LogP contribution is 2.38. The predicted molar refractivity (Wildman–Crippen MR) is 48.4 cm³/mol. The summed E-state index contributed by atoms with van der Waals surface area (Å²) in [5.74, 6) is 1.86. The lowest BCUT2D eigenvalue weighted by Crippen LogP contribution is -2.31. The van der Waals surface area contributed by atoms with Gasteiger partial charge in [-0.05, 0) is 13.8 Å². The molecule has 78 valence electrons. The first-order valence-corrected chi connectivity index (χ1v) is 4.65. The number of terminal acetylenes is 1. The van der Waals surface area contributed by atoms with Crippen molar-refractivity contribution in [2.75, 3.05) is 6.61 Å². The zero-order valence-corrected chi connectivity index (χ0v) is 8.27. The van der Waals surface area contributed by atoms with Crippen molar-refractivity contribution in [2.45, 2.75) is 44.1 Å². The van der Waals surface area contributed by atoms with E-state index in [1.54, 1.807) is 0 Å². The Bertz CT molecular complexity index is 268. The maximum absolute atomic E-state index is 9.07. The van der Waals surface area contributed by atoms with Gasteiger partial charge in [-0.25, -0.2) is 0 Å². The zero-order valence-electron chi connectivity index (χ0n) is 8.27. The molecule has 2 unspecified atom stereocenters. The average molecular weight is 198 g/mol. The highest BCUT2D eigenvalue weighted by atomic mass is 16.8. The van der Waals surface area contributed by atoms with Crippen LogP contribution in [0.15, 0.2) is 0 Å². The second-order valence-corrected chi connectivity index (χ2v) is 4.01. The molecule has 2 heterocycles. The number of hydrogen-bond donors (Lipinski definition) is 1. The highest BCUT2D eigenvalue weighted by molar-refractivity contribution is 5.10. The molecule has 1 N–H and O–H groups in total. The Labute approximate surface area is 83.1 Å². The molecular weight excluding hydrogens is 184 g/mol. The Morgan fingerprint density at radius 2 is 2.00 bits per heavy atom. The fourth-order valence-corrected chi connectivity index (χ4v) is 1.96. The van der Waals surface area contributed by atoms with Crippen molar-refractivity contribution in [3.8, 4) is 12.3 Å². The smallest absolute Gasteiger partial charge is 0.164 e. The van der Waals surface area contributed by atoms with Crippen LogP contribution in [0.3, 0.4) is 0 Å². The number of fused-ring (bicyclic) bond motifs is 1. The minimum atomic E-state index is -0.637. The second-order valence-electron chi connectivity index (χ2n) is 4.01. The van der Waals surface area contributed by atoms with Crippen LogP contribution in [0.4, 0.5) is 0 Å². The molecular formula is C10H14O4. The quantitative estimate of drug-likeness (QED) is 0.598. The molecule has 2 fully saturated rings. The fourth-order valence-electron chi connectivity index (χ4n) is 1.96. The molecule has 14 heavy (non-hydrogen) atoms. The largest absolute Gasteiger partial charge is 0.394 e. The third-order valence-electron chi connectivity index (χ3n) is 2.49.